The maximum absolute atomic E-state index is 12.3. The Morgan fingerprint density at radius 1 is 1.28 bits per heavy atom. The number of halogens is 1. The van der Waals surface area contributed by atoms with Crippen molar-refractivity contribution in [1.29, 1.82) is 0 Å². The summed E-state index contributed by atoms with van der Waals surface area (Å²) in [5.74, 6) is 0. The SMILES string of the molecule is FCCCN1CCCNC(Cc2ccccc2)C1. The second-order valence-corrected chi connectivity index (χ2v) is 5.04. The number of hydrogen-bond acceptors (Lipinski definition) is 2. The number of alkyl halides is 1. The third kappa shape index (κ3) is 4.39. The standard InChI is InChI=1S/C15H23FN2/c16-8-4-10-18-11-5-9-17-15(13-18)12-14-6-2-1-3-7-14/h1-3,6-7,15,17H,4-5,8-13H2. The van der Waals surface area contributed by atoms with Crippen molar-refractivity contribution < 1.29 is 4.39 Å². The molecular formula is C15H23FN2. The summed E-state index contributed by atoms with van der Waals surface area (Å²) in [5, 5.41) is 3.60. The molecule has 1 aliphatic heterocycles. The highest BCUT2D eigenvalue weighted by Crippen LogP contribution is 2.08. The van der Waals surface area contributed by atoms with Crippen molar-refractivity contribution in [2.24, 2.45) is 0 Å². The fraction of sp³-hybridized carbons (Fsp3) is 0.600. The van der Waals surface area contributed by atoms with Gasteiger partial charge in [0.15, 0.2) is 0 Å². The molecule has 1 heterocycles. The van der Waals surface area contributed by atoms with Crippen molar-refractivity contribution in [3.05, 3.63) is 35.9 Å². The van der Waals surface area contributed by atoms with Gasteiger partial charge in [0.25, 0.3) is 0 Å². The molecule has 1 aromatic rings. The molecule has 3 heteroatoms. The van der Waals surface area contributed by atoms with Crippen molar-refractivity contribution in [2.75, 3.05) is 32.9 Å². The van der Waals surface area contributed by atoms with Gasteiger partial charge in [-0.2, -0.15) is 0 Å². The summed E-state index contributed by atoms with van der Waals surface area (Å²) in [4.78, 5) is 2.40. The lowest BCUT2D eigenvalue weighted by atomic mass is 10.1. The quantitative estimate of drug-likeness (QED) is 0.862. The van der Waals surface area contributed by atoms with E-state index in [1.54, 1.807) is 0 Å². The van der Waals surface area contributed by atoms with E-state index in [9.17, 15) is 4.39 Å². The van der Waals surface area contributed by atoms with Gasteiger partial charge in [0, 0.05) is 19.1 Å². The van der Waals surface area contributed by atoms with Crippen LogP contribution in [0.15, 0.2) is 30.3 Å². The molecule has 1 atom stereocenters. The van der Waals surface area contributed by atoms with Crippen LogP contribution in [-0.4, -0.2) is 43.8 Å². The molecule has 100 valence electrons. The third-order valence-corrected chi connectivity index (χ3v) is 3.50. The van der Waals surface area contributed by atoms with Crippen LogP contribution in [0.1, 0.15) is 18.4 Å². The van der Waals surface area contributed by atoms with E-state index in [2.05, 4.69) is 40.5 Å². The highest BCUT2D eigenvalue weighted by Gasteiger charge is 2.17. The average Bonchev–Trinajstić information content (AvgIpc) is 2.63. The Morgan fingerprint density at radius 3 is 2.89 bits per heavy atom. The van der Waals surface area contributed by atoms with Gasteiger partial charge < -0.3 is 10.2 Å². The lowest BCUT2D eigenvalue weighted by Crippen LogP contribution is -2.39. The highest BCUT2D eigenvalue weighted by molar-refractivity contribution is 5.16. The Labute approximate surface area is 109 Å². The molecule has 1 N–H and O–H groups in total. The van der Waals surface area contributed by atoms with Gasteiger partial charge in [-0.25, -0.2) is 0 Å². The van der Waals surface area contributed by atoms with Crippen LogP contribution in [0, 0.1) is 0 Å². The number of rotatable bonds is 5. The molecule has 2 rings (SSSR count). The van der Waals surface area contributed by atoms with Crippen LogP contribution in [0.5, 0.6) is 0 Å². The summed E-state index contributed by atoms with van der Waals surface area (Å²) >= 11 is 0. The Hall–Kier alpha value is -0.930. The van der Waals surface area contributed by atoms with E-state index in [0.29, 0.717) is 12.5 Å². The van der Waals surface area contributed by atoms with Crippen molar-refractivity contribution in [3.8, 4) is 0 Å². The van der Waals surface area contributed by atoms with Crippen LogP contribution < -0.4 is 5.32 Å². The molecule has 1 saturated heterocycles. The summed E-state index contributed by atoms with van der Waals surface area (Å²) in [5.41, 5.74) is 1.38. The Morgan fingerprint density at radius 2 is 2.11 bits per heavy atom. The first-order valence-electron chi connectivity index (χ1n) is 6.94. The van der Waals surface area contributed by atoms with Gasteiger partial charge in [-0.3, -0.25) is 4.39 Å². The van der Waals surface area contributed by atoms with Crippen LogP contribution in [0.4, 0.5) is 4.39 Å². The van der Waals surface area contributed by atoms with E-state index in [4.69, 9.17) is 0 Å². The summed E-state index contributed by atoms with van der Waals surface area (Å²) in [6.45, 7) is 3.90. The van der Waals surface area contributed by atoms with E-state index in [-0.39, 0.29) is 6.67 Å². The topological polar surface area (TPSA) is 15.3 Å². The molecule has 0 amide bonds. The van der Waals surface area contributed by atoms with Crippen LogP contribution in [0.2, 0.25) is 0 Å². The van der Waals surface area contributed by atoms with E-state index in [0.717, 1.165) is 39.0 Å². The summed E-state index contributed by atoms with van der Waals surface area (Å²) in [6.07, 6.45) is 2.89. The highest BCUT2D eigenvalue weighted by atomic mass is 19.1. The van der Waals surface area contributed by atoms with E-state index in [1.807, 2.05) is 0 Å². The van der Waals surface area contributed by atoms with Crippen LogP contribution in [-0.2, 0) is 6.42 Å². The lowest BCUT2D eigenvalue weighted by molar-refractivity contribution is 0.253. The fourth-order valence-corrected chi connectivity index (χ4v) is 2.60. The largest absolute Gasteiger partial charge is 0.312 e. The lowest BCUT2D eigenvalue weighted by Gasteiger charge is -2.24. The average molecular weight is 250 g/mol. The predicted molar refractivity (Wildman–Crippen MR) is 73.6 cm³/mol. The maximum atomic E-state index is 12.3. The zero-order valence-corrected chi connectivity index (χ0v) is 10.9. The monoisotopic (exact) mass is 250 g/mol. The zero-order chi connectivity index (χ0) is 12.6. The summed E-state index contributed by atoms with van der Waals surface area (Å²) in [7, 11) is 0. The van der Waals surface area contributed by atoms with Gasteiger partial charge >= 0.3 is 0 Å². The Kier molecular flexibility index (Phi) is 5.62. The molecule has 0 bridgehead atoms. The smallest absolute Gasteiger partial charge is 0.0906 e. The Bertz CT molecular complexity index is 329. The van der Waals surface area contributed by atoms with Crippen molar-refractivity contribution in [3.63, 3.8) is 0 Å². The molecule has 1 aromatic carbocycles. The van der Waals surface area contributed by atoms with Crippen molar-refractivity contribution in [2.45, 2.75) is 25.3 Å². The number of nitrogens with zero attached hydrogens (tertiary/aromatic N) is 1. The van der Waals surface area contributed by atoms with Gasteiger partial charge in [-0.05, 0) is 37.9 Å². The second kappa shape index (κ2) is 7.49. The fourth-order valence-electron chi connectivity index (χ4n) is 2.60. The zero-order valence-electron chi connectivity index (χ0n) is 10.9. The Balaban J connectivity index is 1.86. The van der Waals surface area contributed by atoms with E-state index in [1.165, 1.54) is 5.56 Å². The molecule has 1 unspecified atom stereocenters. The molecule has 0 radical (unpaired) electrons. The first-order chi connectivity index (χ1) is 8.88. The number of benzene rings is 1. The van der Waals surface area contributed by atoms with Gasteiger partial charge in [0.2, 0.25) is 0 Å². The summed E-state index contributed by atoms with van der Waals surface area (Å²) < 4.78 is 12.3. The minimum Gasteiger partial charge on any atom is -0.312 e. The molecule has 0 aromatic heterocycles. The van der Waals surface area contributed by atoms with E-state index < -0.39 is 0 Å². The maximum Gasteiger partial charge on any atom is 0.0906 e. The molecule has 18 heavy (non-hydrogen) atoms. The first-order valence-corrected chi connectivity index (χ1v) is 6.94. The molecule has 1 fully saturated rings. The van der Waals surface area contributed by atoms with Gasteiger partial charge in [0.05, 0.1) is 6.67 Å². The summed E-state index contributed by atoms with van der Waals surface area (Å²) in [6, 6.07) is 11.1. The second-order valence-electron chi connectivity index (χ2n) is 5.04. The molecular weight excluding hydrogens is 227 g/mol. The molecule has 0 saturated carbocycles. The van der Waals surface area contributed by atoms with Crippen molar-refractivity contribution in [1.82, 2.24) is 10.2 Å². The third-order valence-electron chi connectivity index (χ3n) is 3.50. The molecule has 0 aliphatic carbocycles. The van der Waals surface area contributed by atoms with Crippen LogP contribution in [0.3, 0.4) is 0 Å². The van der Waals surface area contributed by atoms with Gasteiger partial charge in [0.1, 0.15) is 0 Å². The van der Waals surface area contributed by atoms with E-state index >= 15 is 0 Å². The number of nitrogens with one attached hydrogen (secondary N) is 1. The molecule has 0 spiro atoms. The van der Waals surface area contributed by atoms with Gasteiger partial charge in [-0.1, -0.05) is 30.3 Å². The minimum atomic E-state index is -0.201. The first kappa shape index (κ1) is 13.5. The van der Waals surface area contributed by atoms with Crippen LogP contribution in [0.25, 0.3) is 0 Å². The van der Waals surface area contributed by atoms with Crippen molar-refractivity contribution >= 4 is 0 Å². The van der Waals surface area contributed by atoms with Crippen LogP contribution >= 0.6 is 0 Å². The molecule has 2 nitrogen and oxygen atoms in total. The minimum absolute atomic E-state index is 0.201. The molecule has 1 aliphatic rings. The number of hydrogen-bond donors (Lipinski definition) is 1. The normalized spacial score (nSPS) is 21.7. The predicted octanol–water partition coefficient (Wildman–Crippen LogP) is 2.25. The van der Waals surface area contributed by atoms with Gasteiger partial charge in [-0.15, -0.1) is 0 Å².